The number of fused-ring (bicyclic) bond motifs is 1. The summed E-state index contributed by atoms with van der Waals surface area (Å²) in [5.74, 6) is 0.379. The number of aromatic nitrogens is 3. The second-order valence-corrected chi connectivity index (χ2v) is 9.35. The molecule has 35 heavy (non-hydrogen) atoms. The van der Waals surface area contributed by atoms with Crippen molar-refractivity contribution in [2.45, 2.75) is 26.3 Å². The van der Waals surface area contributed by atoms with Crippen LogP contribution in [0.15, 0.2) is 47.8 Å². The largest absolute Gasteiger partial charge is 0.384 e. The van der Waals surface area contributed by atoms with Gasteiger partial charge in [-0.05, 0) is 26.0 Å². The maximum Gasteiger partial charge on any atom is 0.254 e. The molecule has 0 fully saturated rings. The van der Waals surface area contributed by atoms with E-state index >= 15 is 0 Å². The molecule has 8 nitrogen and oxygen atoms in total. The van der Waals surface area contributed by atoms with E-state index in [1.54, 1.807) is 31.2 Å². The molecule has 0 aliphatic rings. The number of methoxy groups -OCH3 is 1. The standard InChI is InChI=1S/C26H29N5O3S/c1-16-15-35-25(27-16)17(2)30(3)26(33)19-13-20(28-22(32)11-12-34-5)23-21(14-19)29-24(31(23)4)18-9-7-6-8-10-18/h6-10,13-15,17H,11-12H2,1-5H3,(H,28,32)/t17-/m1/s1. The predicted octanol–water partition coefficient (Wildman–Crippen LogP) is 4.81. The first-order valence-corrected chi connectivity index (χ1v) is 12.2. The maximum atomic E-state index is 13.5. The van der Waals surface area contributed by atoms with Gasteiger partial charge in [-0.15, -0.1) is 11.3 Å². The van der Waals surface area contributed by atoms with E-state index < -0.39 is 0 Å². The summed E-state index contributed by atoms with van der Waals surface area (Å²) >= 11 is 1.53. The highest BCUT2D eigenvalue weighted by molar-refractivity contribution is 7.09. The van der Waals surface area contributed by atoms with E-state index in [0.29, 0.717) is 23.4 Å². The zero-order chi connectivity index (χ0) is 25.1. The SMILES string of the molecule is COCCC(=O)Nc1cc(C(=O)N(C)[C@H](C)c2nc(C)cs2)cc2nc(-c3ccccc3)n(C)c12. The Hall–Kier alpha value is -3.56. The first-order chi connectivity index (χ1) is 16.8. The van der Waals surface area contributed by atoms with Crippen LogP contribution in [0.5, 0.6) is 0 Å². The summed E-state index contributed by atoms with van der Waals surface area (Å²) in [6, 6.07) is 13.1. The quantitative estimate of drug-likeness (QED) is 0.382. The van der Waals surface area contributed by atoms with Gasteiger partial charge in [-0.1, -0.05) is 30.3 Å². The fourth-order valence-corrected chi connectivity index (χ4v) is 4.83. The molecule has 0 aliphatic carbocycles. The second kappa shape index (κ2) is 10.4. The molecule has 4 rings (SSSR count). The summed E-state index contributed by atoms with van der Waals surface area (Å²) in [5, 5.41) is 5.81. The average molecular weight is 492 g/mol. The van der Waals surface area contributed by atoms with Gasteiger partial charge in [-0.2, -0.15) is 0 Å². The Bertz CT molecular complexity index is 1360. The molecule has 2 aromatic carbocycles. The first kappa shape index (κ1) is 24.6. The Morgan fingerprint density at radius 3 is 2.60 bits per heavy atom. The van der Waals surface area contributed by atoms with Crippen molar-refractivity contribution in [2.75, 3.05) is 26.1 Å². The molecule has 0 unspecified atom stereocenters. The van der Waals surface area contributed by atoms with Crippen molar-refractivity contribution in [1.29, 1.82) is 0 Å². The lowest BCUT2D eigenvalue weighted by atomic mass is 10.1. The third-order valence-corrected chi connectivity index (χ3v) is 7.08. The van der Waals surface area contributed by atoms with Gasteiger partial charge < -0.3 is 19.5 Å². The molecule has 2 amide bonds. The highest BCUT2D eigenvalue weighted by atomic mass is 32.1. The van der Waals surface area contributed by atoms with Crippen LogP contribution in [0.2, 0.25) is 0 Å². The van der Waals surface area contributed by atoms with Gasteiger partial charge >= 0.3 is 0 Å². The fourth-order valence-electron chi connectivity index (χ4n) is 3.93. The molecule has 1 atom stereocenters. The predicted molar refractivity (Wildman–Crippen MR) is 139 cm³/mol. The van der Waals surface area contributed by atoms with E-state index in [1.165, 1.54) is 11.3 Å². The van der Waals surface area contributed by atoms with E-state index in [9.17, 15) is 9.59 Å². The molecule has 4 aromatic rings. The van der Waals surface area contributed by atoms with Crippen LogP contribution in [0.1, 0.15) is 40.4 Å². The minimum Gasteiger partial charge on any atom is -0.384 e. The van der Waals surface area contributed by atoms with Crippen LogP contribution < -0.4 is 5.32 Å². The summed E-state index contributed by atoms with van der Waals surface area (Å²) < 4.78 is 6.98. The zero-order valence-electron chi connectivity index (χ0n) is 20.5. The molecule has 2 aromatic heterocycles. The first-order valence-electron chi connectivity index (χ1n) is 11.3. The molecule has 0 bridgehead atoms. The van der Waals surface area contributed by atoms with Crippen molar-refractivity contribution < 1.29 is 14.3 Å². The van der Waals surface area contributed by atoms with Gasteiger partial charge in [0.05, 0.1) is 35.8 Å². The van der Waals surface area contributed by atoms with E-state index in [2.05, 4.69) is 10.3 Å². The highest BCUT2D eigenvalue weighted by Gasteiger charge is 2.24. The fraction of sp³-hybridized carbons (Fsp3) is 0.308. The topological polar surface area (TPSA) is 89.3 Å². The van der Waals surface area contributed by atoms with E-state index in [4.69, 9.17) is 9.72 Å². The minimum absolute atomic E-state index is 0.174. The molecule has 0 saturated carbocycles. The van der Waals surface area contributed by atoms with Crippen LogP contribution in [0.25, 0.3) is 22.4 Å². The molecule has 0 saturated heterocycles. The van der Waals surface area contributed by atoms with Crippen molar-refractivity contribution in [1.82, 2.24) is 19.4 Å². The molecule has 0 aliphatic heterocycles. The number of hydrogen-bond donors (Lipinski definition) is 1. The van der Waals surface area contributed by atoms with Crippen molar-refractivity contribution in [3.8, 4) is 11.4 Å². The number of amides is 2. The van der Waals surface area contributed by atoms with Crippen molar-refractivity contribution in [3.05, 3.63) is 64.1 Å². The Labute approximate surface area is 208 Å². The number of hydrogen-bond acceptors (Lipinski definition) is 6. The normalized spacial score (nSPS) is 12.0. The van der Waals surface area contributed by atoms with Gasteiger partial charge in [0, 0.05) is 43.4 Å². The van der Waals surface area contributed by atoms with Gasteiger partial charge in [0.1, 0.15) is 10.8 Å². The van der Waals surface area contributed by atoms with Gasteiger partial charge in [0.2, 0.25) is 5.91 Å². The Morgan fingerprint density at radius 1 is 1.20 bits per heavy atom. The summed E-state index contributed by atoms with van der Waals surface area (Å²) in [6.07, 6.45) is 0.208. The summed E-state index contributed by atoms with van der Waals surface area (Å²) in [5.41, 5.74) is 4.24. The number of rotatable bonds is 8. The molecule has 0 spiro atoms. The number of nitrogens with zero attached hydrogens (tertiary/aromatic N) is 4. The number of thiazole rings is 1. The molecular formula is C26H29N5O3S. The lowest BCUT2D eigenvalue weighted by Gasteiger charge is -2.23. The van der Waals surface area contributed by atoms with Crippen LogP contribution >= 0.6 is 11.3 Å². The second-order valence-electron chi connectivity index (χ2n) is 8.46. The zero-order valence-corrected chi connectivity index (χ0v) is 21.3. The summed E-state index contributed by atoms with van der Waals surface area (Å²) in [7, 11) is 5.22. The van der Waals surface area contributed by atoms with E-state index in [0.717, 1.165) is 27.6 Å². The van der Waals surface area contributed by atoms with Crippen molar-refractivity contribution in [2.24, 2.45) is 7.05 Å². The van der Waals surface area contributed by atoms with E-state index in [1.807, 2.05) is 61.2 Å². The Morgan fingerprint density at radius 2 is 1.94 bits per heavy atom. The number of imidazole rings is 1. The van der Waals surface area contributed by atoms with Crippen LogP contribution in [0.3, 0.4) is 0 Å². The summed E-state index contributed by atoms with van der Waals surface area (Å²) in [4.78, 5) is 37.1. The minimum atomic E-state index is -0.194. The van der Waals surface area contributed by atoms with Gasteiger partial charge in [-0.25, -0.2) is 9.97 Å². The highest BCUT2D eigenvalue weighted by Crippen LogP contribution is 2.32. The third-order valence-electron chi connectivity index (χ3n) is 5.95. The molecule has 1 N–H and O–H groups in total. The molecule has 0 radical (unpaired) electrons. The number of carbonyl (C=O) groups is 2. The van der Waals surface area contributed by atoms with E-state index in [-0.39, 0.29) is 24.3 Å². The van der Waals surface area contributed by atoms with Crippen molar-refractivity contribution >= 4 is 39.9 Å². The molecule has 9 heteroatoms. The summed E-state index contributed by atoms with van der Waals surface area (Å²) in [6.45, 7) is 4.20. The van der Waals surface area contributed by atoms with Crippen LogP contribution in [0, 0.1) is 6.92 Å². The molecule has 2 heterocycles. The lowest BCUT2D eigenvalue weighted by Crippen LogP contribution is -2.29. The van der Waals surface area contributed by atoms with Crippen LogP contribution in [-0.2, 0) is 16.6 Å². The number of anilines is 1. The third kappa shape index (κ3) is 5.11. The maximum absolute atomic E-state index is 13.5. The number of ether oxygens (including phenoxy) is 1. The van der Waals surface area contributed by atoms with Gasteiger partial charge in [0.15, 0.2) is 0 Å². The monoisotopic (exact) mass is 491 g/mol. The molecule has 182 valence electrons. The smallest absolute Gasteiger partial charge is 0.254 e. The van der Waals surface area contributed by atoms with Gasteiger partial charge in [-0.3, -0.25) is 9.59 Å². The Kier molecular flexibility index (Phi) is 7.28. The number of aryl methyl sites for hydroxylation is 2. The lowest BCUT2D eigenvalue weighted by molar-refractivity contribution is -0.117. The average Bonchev–Trinajstić information content (AvgIpc) is 3.45. The van der Waals surface area contributed by atoms with Crippen LogP contribution in [0.4, 0.5) is 5.69 Å². The molecular weight excluding hydrogens is 462 g/mol. The number of nitrogens with one attached hydrogen (secondary N) is 1. The van der Waals surface area contributed by atoms with Gasteiger partial charge in [0.25, 0.3) is 5.91 Å². The number of carbonyl (C=O) groups excluding carboxylic acids is 2. The van der Waals surface area contributed by atoms with Crippen molar-refractivity contribution in [3.63, 3.8) is 0 Å². The Balaban J connectivity index is 1.77. The van der Waals surface area contributed by atoms with Crippen LogP contribution in [-0.4, -0.2) is 52.0 Å². The number of benzene rings is 2.